The van der Waals surface area contributed by atoms with E-state index in [9.17, 15) is 33.3 Å². The Morgan fingerprint density at radius 2 is 1.04 bits per heavy atom. The van der Waals surface area contributed by atoms with E-state index in [-0.39, 0.29) is 19.4 Å². The Hall–Kier alpha value is -1.65. The van der Waals surface area contributed by atoms with Gasteiger partial charge < -0.3 is 34.3 Å². The molecule has 14 heteroatoms. The average Bonchev–Trinajstić information content (AvgIpc) is 3.18. The first-order valence-electron chi connectivity index (χ1n) is 22.4. The summed E-state index contributed by atoms with van der Waals surface area (Å²) in [5, 5.41) is 31.0. The molecule has 0 saturated carbocycles. The molecular formula is C43H80O13S. The third-order valence-corrected chi connectivity index (χ3v) is 10.8. The largest absolute Gasteiger partial charge is 0.462 e. The zero-order chi connectivity index (χ0) is 42.0. The van der Waals surface area contributed by atoms with Crippen LogP contribution in [0.5, 0.6) is 0 Å². The standard InChI is InChI=1S/C43H80O13S/c1-3-5-7-9-11-13-15-17-18-20-22-24-26-28-30-32-39(45)55-36(34-53-43-42(48)41(47)40(46)37(56-43)35-54-57(49,50)51)33-52-38(44)31-29-27-25-23-21-19-16-14-12-10-8-6-4-2/h17-18,36-37,40-43,46-48H,3-16,19-35H2,1-2H3,(H,49,50,51)/b18-17-/t36?,37-,40-,41+,42-,43+/m1/s1. The third-order valence-electron chi connectivity index (χ3n) is 10.4. The van der Waals surface area contributed by atoms with Crippen molar-refractivity contribution in [3.63, 3.8) is 0 Å². The van der Waals surface area contributed by atoms with Gasteiger partial charge in [-0.25, -0.2) is 4.18 Å². The highest BCUT2D eigenvalue weighted by molar-refractivity contribution is 7.80. The maximum atomic E-state index is 12.8. The molecule has 1 aliphatic heterocycles. The van der Waals surface area contributed by atoms with Gasteiger partial charge in [0.15, 0.2) is 12.4 Å². The lowest BCUT2D eigenvalue weighted by atomic mass is 9.99. The van der Waals surface area contributed by atoms with E-state index in [1.807, 2.05) is 0 Å². The molecule has 1 unspecified atom stereocenters. The topological polar surface area (TPSA) is 195 Å². The minimum atomic E-state index is -4.88. The zero-order valence-electron chi connectivity index (χ0n) is 35.4. The van der Waals surface area contributed by atoms with Crippen molar-refractivity contribution in [1.29, 1.82) is 0 Å². The molecule has 0 amide bonds. The molecule has 13 nitrogen and oxygen atoms in total. The first-order valence-corrected chi connectivity index (χ1v) is 23.8. The number of aliphatic hydroxyl groups excluding tert-OH is 3. The van der Waals surface area contributed by atoms with Gasteiger partial charge in [-0.3, -0.25) is 14.1 Å². The molecule has 1 aliphatic rings. The van der Waals surface area contributed by atoms with E-state index < -0.39 is 72.4 Å². The van der Waals surface area contributed by atoms with Crippen molar-refractivity contribution < 1.29 is 61.0 Å². The lowest BCUT2D eigenvalue weighted by molar-refractivity contribution is -0.304. The first kappa shape index (κ1) is 53.4. The van der Waals surface area contributed by atoms with Gasteiger partial charge in [0.05, 0.1) is 13.2 Å². The van der Waals surface area contributed by atoms with E-state index in [2.05, 4.69) is 30.2 Å². The predicted octanol–water partition coefficient (Wildman–Crippen LogP) is 8.60. The number of aliphatic hydroxyl groups is 3. The summed E-state index contributed by atoms with van der Waals surface area (Å²) in [6, 6.07) is 0. The maximum absolute atomic E-state index is 12.8. The van der Waals surface area contributed by atoms with Gasteiger partial charge in [-0.2, -0.15) is 8.42 Å². The molecule has 4 N–H and O–H groups in total. The average molecular weight is 837 g/mol. The van der Waals surface area contributed by atoms with E-state index >= 15 is 0 Å². The summed E-state index contributed by atoms with van der Waals surface area (Å²) in [5.74, 6) is -0.944. The van der Waals surface area contributed by atoms with Gasteiger partial charge in [0, 0.05) is 12.8 Å². The SMILES string of the molecule is CCCCCCCC/C=C\CCCCCCCC(=O)OC(COC(=O)CCCCCCCCCCCCCCC)CO[C@H]1O[C@H](COS(=O)(=O)O)[C@@H](O)[C@H](O)[C@H]1O. The Labute approximate surface area is 344 Å². The van der Waals surface area contributed by atoms with E-state index in [1.54, 1.807) is 0 Å². The fourth-order valence-electron chi connectivity index (χ4n) is 6.79. The van der Waals surface area contributed by atoms with Crippen LogP contribution in [0, 0.1) is 0 Å². The fraction of sp³-hybridized carbons (Fsp3) is 0.907. The lowest BCUT2D eigenvalue weighted by Gasteiger charge is -2.40. The van der Waals surface area contributed by atoms with Crippen molar-refractivity contribution in [2.75, 3.05) is 19.8 Å². The molecule has 336 valence electrons. The van der Waals surface area contributed by atoms with Gasteiger partial charge in [-0.1, -0.05) is 154 Å². The number of allylic oxidation sites excluding steroid dienone is 2. The van der Waals surface area contributed by atoms with Gasteiger partial charge in [0.1, 0.15) is 31.0 Å². The van der Waals surface area contributed by atoms with Crippen LogP contribution in [0.4, 0.5) is 0 Å². The van der Waals surface area contributed by atoms with Crippen LogP contribution in [0.15, 0.2) is 12.2 Å². The summed E-state index contributed by atoms with van der Waals surface area (Å²) in [6.07, 6.45) is 25.6. The van der Waals surface area contributed by atoms with Crippen LogP contribution in [0.3, 0.4) is 0 Å². The van der Waals surface area contributed by atoms with Gasteiger partial charge in [0.2, 0.25) is 0 Å². The van der Waals surface area contributed by atoms with E-state index in [1.165, 1.54) is 96.3 Å². The Morgan fingerprint density at radius 3 is 1.51 bits per heavy atom. The monoisotopic (exact) mass is 837 g/mol. The second kappa shape index (κ2) is 35.1. The third kappa shape index (κ3) is 30.1. The molecule has 1 rings (SSSR count). The Kier molecular flexibility index (Phi) is 32.9. The number of unbranched alkanes of at least 4 members (excludes halogenated alkanes) is 23. The molecule has 0 aliphatic carbocycles. The predicted molar refractivity (Wildman–Crippen MR) is 221 cm³/mol. The highest BCUT2D eigenvalue weighted by atomic mass is 32.3. The van der Waals surface area contributed by atoms with E-state index in [4.69, 9.17) is 23.5 Å². The molecule has 0 aromatic heterocycles. The second-order valence-electron chi connectivity index (χ2n) is 15.7. The van der Waals surface area contributed by atoms with Crippen LogP contribution in [-0.4, -0.2) is 96.9 Å². The summed E-state index contributed by atoms with van der Waals surface area (Å²) >= 11 is 0. The molecular weight excluding hydrogens is 757 g/mol. The molecule has 1 fully saturated rings. The summed E-state index contributed by atoms with van der Waals surface area (Å²) in [6.45, 7) is 2.89. The Balaban J connectivity index is 2.48. The van der Waals surface area contributed by atoms with Crippen molar-refractivity contribution >= 4 is 22.3 Å². The molecule has 57 heavy (non-hydrogen) atoms. The zero-order valence-corrected chi connectivity index (χ0v) is 36.2. The summed E-state index contributed by atoms with van der Waals surface area (Å²) in [7, 11) is -4.88. The van der Waals surface area contributed by atoms with E-state index in [0.29, 0.717) is 12.8 Å². The quantitative estimate of drug-likeness (QED) is 0.0200. The van der Waals surface area contributed by atoms with E-state index in [0.717, 1.165) is 57.8 Å². The number of esters is 2. The number of ether oxygens (including phenoxy) is 4. The molecule has 1 heterocycles. The van der Waals surface area contributed by atoms with Crippen molar-refractivity contribution in [2.24, 2.45) is 0 Å². The van der Waals surface area contributed by atoms with Crippen molar-refractivity contribution in [3.05, 3.63) is 12.2 Å². The highest BCUT2D eigenvalue weighted by Crippen LogP contribution is 2.23. The van der Waals surface area contributed by atoms with Gasteiger partial charge in [0.25, 0.3) is 0 Å². The molecule has 0 spiro atoms. The lowest BCUT2D eigenvalue weighted by Crippen LogP contribution is -2.59. The van der Waals surface area contributed by atoms with Crippen LogP contribution in [0.1, 0.15) is 194 Å². The maximum Gasteiger partial charge on any atom is 0.397 e. The minimum Gasteiger partial charge on any atom is -0.462 e. The molecule has 0 bridgehead atoms. The van der Waals surface area contributed by atoms with Crippen LogP contribution in [0.2, 0.25) is 0 Å². The highest BCUT2D eigenvalue weighted by Gasteiger charge is 2.45. The summed E-state index contributed by atoms with van der Waals surface area (Å²) in [4.78, 5) is 25.4. The van der Waals surface area contributed by atoms with Crippen molar-refractivity contribution in [1.82, 2.24) is 0 Å². The summed E-state index contributed by atoms with van der Waals surface area (Å²) < 4.78 is 57.3. The van der Waals surface area contributed by atoms with Crippen LogP contribution >= 0.6 is 0 Å². The van der Waals surface area contributed by atoms with Gasteiger partial charge >= 0.3 is 22.3 Å². The number of hydrogen-bond acceptors (Lipinski definition) is 12. The number of carbonyl (C=O) groups is 2. The number of hydrogen-bond donors (Lipinski definition) is 4. The molecule has 0 aromatic carbocycles. The number of carbonyl (C=O) groups excluding carboxylic acids is 2. The normalized spacial score (nSPS) is 20.6. The van der Waals surface area contributed by atoms with Gasteiger partial charge in [-0.15, -0.1) is 0 Å². The van der Waals surface area contributed by atoms with Crippen LogP contribution in [-0.2, 0) is 43.1 Å². The van der Waals surface area contributed by atoms with Gasteiger partial charge in [-0.05, 0) is 38.5 Å². The molecule has 6 atom stereocenters. The van der Waals surface area contributed by atoms with Crippen molar-refractivity contribution in [2.45, 2.75) is 230 Å². The molecule has 1 saturated heterocycles. The molecule has 0 radical (unpaired) electrons. The minimum absolute atomic E-state index is 0.157. The Bertz CT molecular complexity index is 1120. The molecule has 0 aromatic rings. The number of rotatable bonds is 38. The van der Waals surface area contributed by atoms with Crippen LogP contribution < -0.4 is 0 Å². The van der Waals surface area contributed by atoms with Crippen LogP contribution in [0.25, 0.3) is 0 Å². The van der Waals surface area contributed by atoms with Crippen molar-refractivity contribution in [3.8, 4) is 0 Å². The smallest absolute Gasteiger partial charge is 0.397 e. The second-order valence-corrected chi connectivity index (χ2v) is 16.8. The Morgan fingerprint density at radius 1 is 0.596 bits per heavy atom. The fourth-order valence-corrected chi connectivity index (χ4v) is 7.10. The first-order chi connectivity index (χ1) is 27.5. The summed E-state index contributed by atoms with van der Waals surface area (Å²) in [5.41, 5.74) is 0.